The first-order chi connectivity index (χ1) is 7.79. The van der Waals surface area contributed by atoms with Gasteiger partial charge in [0, 0.05) is 18.0 Å². The van der Waals surface area contributed by atoms with Crippen LogP contribution >= 0.6 is 0 Å². The summed E-state index contributed by atoms with van der Waals surface area (Å²) in [4.78, 5) is 22.6. The molecular formula is C12H22N2O3. The fourth-order valence-electron chi connectivity index (χ4n) is 2.14. The predicted molar refractivity (Wildman–Crippen MR) is 64.4 cm³/mol. The lowest BCUT2D eigenvalue weighted by Crippen LogP contribution is -2.41. The monoisotopic (exact) mass is 242 g/mol. The zero-order valence-electron chi connectivity index (χ0n) is 10.5. The molecule has 4 N–H and O–H groups in total. The Labute approximate surface area is 102 Å². The minimum atomic E-state index is -0.813. The van der Waals surface area contributed by atoms with Gasteiger partial charge < -0.3 is 16.2 Å². The highest BCUT2D eigenvalue weighted by Gasteiger charge is 2.33. The number of aliphatic carboxylic acids is 1. The van der Waals surface area contributed by atoms with Gasteiger partial charge in [-0.1, -0.05) is 6.42 Å². The van der Waals surface area contributed by atoms with Crippen molar-refractivity contribution < 1.29 is 14.7 Å². The Morgan fingerprint density at radius 1 is 1.41 bits per heavy atom. The Balaban J connectivity index is 2.38. The van der Waals surface area contributed by atoms with E-state index in [-0.39, 0.29) is 17.5 Å². The van der Waals surface area contributed by atoms with Crippen LogP contribution in [0, 0.1) is 5.92 Å². The summed E-state index contributed by atoms with van der Waals surface area (Å²) in [6, 6.07) is -0.208. The van der Waals surface area contributed by atoms with E-state index in [2.05, 4.69) is 5.32 Å². The van der Waals surface area contributed by atoms with Gasteiger partial charge in [-0.3, -0.25) is 9.59 Å². The van der Waals surface area contributed by atoms with Crippen molar-refractivity contribution in [2.75, 3.05) is 0 Å². The molecule has 1 rings (SSSR count). The first-order valence-electron chi connectivity index (χ1n) is 6.10. The SMILES string of the molecule is CC(C)(N)CCC(=O)NC1CCCC1C(=O)O. The van der Waals surface area contributed by atoms with Crippen LogP contribution in [-0.2, 0) is 9.59 Å². The van der Waals surface area contributed by atoms with Crippen molar-refractivity contribution in [1.29, 1.82) is 0 Å². The van der Waals surface area contributed by atoms with E-state index in [0.29, 0.717) is 19.3 Å². The molecule has 98 valence electrons. The van der Waals surface area contributed by atoms with Gasteiger partial charge in [-0.25, -0.2) is 0 Å². The molecule has 0 aliphatic heterocycles. The number of carboxylic acids is 1. The summed E-state index contributed by atoms with van der Waals surface area (Å²) in [5.74, 6) is -1.33. The summed E-state index contributed by atoms with van der Waals surface area (Å²) in [7, 11) is 0. The molecule has 0 bridgehead atoms. The minimum absolute atomic E-state index is 0.0957. The molecule has 0 radical (unpaired) electrons. The van der Waals surface area contributed by atoms with Crippen LogP contribution in [0.3, 0.4) is 0 Å². The van der Waals surface area contributed by atoms with Crippen LogP contribution in [0.1, 0.15) is 46.0 Å². The molecule has 1 aliphatic carbocycles. The van der Waals surface area contributed by atoms with Crippen LogP contribution in [0.4, 0.5) is 0 Å². The van der Waals surface area contributed by atoms with Gasteiger partial charge in [-0.15, -0.1) is 0 Å². The number of carboxylic acid groups (broad SMARTS) is 1. The second-order valence-electron chi connectivity index (χ2n) is 5.54. The van der Waals surface area contributed by atoms with Crippen LogP contribution in [0.25, 0.3) is 0 Å². The Hall–Kier alpha value is -1.10. The molecule has 0 aromatic carbocycles. The smallest absolute Gasteiger partial charge is 0.308 e. The number of carbonyl (C=O) groups is 2. The molecule has 1 amide bonds. The molecule has 5 nitrogen and oxygen atoms in total. The van der Waals surface area contributed by atoms with Gasteiger partial charge >= 0.3 is 5.97 Å². The highest BCUT2D eigenvalue weighted by atomic mass is 16.4. The maximum Gasteiger partial charge on any atom is 0.308 e. The molecule has 0 spiro atoms. The topological polar surface area (TPSA) is 92.4 Å². The molecule has 1 fully saturated rings. The standard InChI is InChI=1S/C12H22N2O3/c1-12(2,13)7-6-10(15)14-9-5-3-4-8(9)11(16)17/h8-9H,3-7,13H2,1-2H3,(H,14,15)(H,16,17). The lowest BCUT2D eigenvalue weighted by Gasteiger charge is -2.20. The third kappa shape index (κ3) is 4.73. The average Bonchev–Trinajstić information content (AvgIpc) is 2.62. The molecular weight excluding hydrogens is 220 g/mol. The lowest BCUT2D eigenvalue weighted by atomic mass is 9.99. The van der Waals surface area contributed by atoms with E-state index in [1.54, 1.807) is 0 Å². The van der Waals surface area contributed by atoms with E-state index in [0.717, 1.165) is 12.8 Å². The summed E-state index contributed by atoms with van der Waals surface area (Å²) < 4.78 is 0. The second-order valence-corrected chi connectivity index (χ2v) is 5.54. The molecule has 1 saturated carbocycles. The summed E-state index contributed by atoms with van der Waals surface area (Å²) in [6.45, 7) is 3.74. The zero-order chi connectivity index (χ0) is 13.1. The van der Waals surface area contributed by atoms with Crippen molar-refractivity contribution in [3.05, 3.63) is 0 Å². The first-order valence-corrected chi connectivity index (χ1v) is 6.10. The van der Waals surface area contributed by atoms with Crippen molar-refractivity contribution in [3.63, 3.8) is 0 Å². The van der Waals surface area contributed by atoms with Crippen LogP contribution < -0.4 is 11.1 Å². The van der Waals surface area contributed by atoms with Crippen LogP contribution in [0.5, 0.6) is 0 Å². The van der Waals surface area contributed by atoms with Gasteiger partial charge in [0.25, 0.3) is 0 Å². The quantitative estimate of drug-likeness (QED) is 0.667. The highest BCUT2D eigenvalue weighted by molar-refractivity contribution is 5.78. The molecule has 1 aliphatic rings. The van der Waals surface area contributed by atoms with E-state index in [4.69, 9.17) is 10.8 Å². The Morgan fingerprint density at radius 3 is 2.59 bits per heavy atom. The van der Waals surface area contributed by atoms with Crippen LogP contribution in [-0.4, -0.2) is 28.6 Å². The minimum Gasteiger partial charge on any atom is -0.481 e. The molecule has 2 atom stereocenters. The largest absolute Gasteiger partial charge is 0.481 e. The molecule has 5 heteroatoms. The maximum absolute atomic E-state index is 11.7. The molecule has 2 unspecified atom stereocenters. The van der Waals surface area contributed by atoms with Crippen molar-refractivity contribution in [1.82, 2.24) is 5.32 Å². The van der Waals surface area contributed by atoms with Gasteiger partial charge in [-0.2, -0.15) is 0 Å². The number of carbonyl (C=O) groups excluding carboxylic acids is 1. The third-order valence-electron chi connectivity index (χ3n) is 3.18. The fraction of sp³-hybridized carbons (Fsp3) is 0.833. The van der Waals surface area contributed by atoms with Gasteiger partial charge in [0.05, 0.1) is 5.92 Å². The van der Waals surface area contributed by atoms with Gasteiger partial charge in [0.2, 0.25) is 5.91 Å². The first kappa shape index (κ1) is 14.0. The van der Waals surface area contributed by atoms with E-state index < -0.39 is 11.9 Å². The molecule has 0 aromatic heterocycles. The van der Waals surface area contributed by atoms with Crippen molar-refractivity contribution in [2.45, 2.75) is 57.5 Å². The summed E-state index contributed by atoms with van der Waals surface area (Å²) in [5, 5.41) is 11.8. The Kier molecular flexibility index (Phi) is 4.51. The van der Waals surface area contributed by atoms with E-state index >= 15 is 0 Å². The summed E-state index contributed by atoms with van der Waals surface area (Å²) in [6.07, 6.45) is 3.23. The summed E-state index contributed by atoms with van der Waals surface area (Å²) in [5.41, 5.74) is 5.43. The van der Waals surface area contributed by atoms with Crippen molar-refractivity contribution in [2.24, 2.45) is 11.7 Å². The third-order valence-corrected chi connectivity index (χ3v) is 3.18. The number of amides is 1. The van der Waals surface area contributed by atoms with E-state index in [9.17, 15) is 9.59 Å². The lowest BCUT2D eigenvalue weighted by molar-refractivity contribution is -0.142. The highest BCUT2D eigenvalue weighted by Crippen LogP contribution is 2.26. The predicted octanol–water partition coefficient (Wildman–Crippen LogP) is 0.873. The second kappa shape index (κ2) is 5.49. The van der Waals surface area contributed by atoms with E-state index in [1.165, 1.54) is 0 Å². The Bertz CT molecular complexity index is 297. The van der Waals surface area contributed by atoms with Crippen molar-refractivity contribution >= 4 is 11.9 Å². The fourth-order valence-corrected chi connectivity index (χ4v) is 2.14. The van der Waals surface area contributed by atoms with Gasteiger partial charge in [0.1, 0.15) is 0 Å². The number of rotatable bonds is 5. The molecule has 0 aromatic rings. The van der Waals surface area contributed by atoms with Gasteiger partial charge in [-0.05, 0) is 33.1 Å². The number of hydrogen-bond acceptors (Lipinski definition) is 3. The normalized spacial score (nSPS) is 24.6. The van der Waals surface area contributed by atoms with E-state index in [1.807, 2.05) is 13.8 Å². The van der Waals surface area contributed by atoms with Crippen molar-refractivity contribution in [3.8, 4) is 0 Å². The van der Waals surface area contributed by atoms with Crippen LogP contribution in [0.2, 0.25) is 0 Å². The Morgan fingerprint density at radius 2 is 2.06 bits per heavy atom. The number of hydrogen-bond donors (Lipinski definition) is 3. The molecule has 17 heavy (non-hydrogen) atoms. The molecule has 0 saturated heterocycles. The number of nitrogens with two attached hydrogens (primary N) is 1. The maximum atomic E-state index is 11.7. The average molecular weight is 242 g/mol. The number of nitrogens with one attached hydrogen (secondary N) is 1. The van der Waals surface area contributed by atoms with Crippen LogP contribution in [0.15, 0.2) is 0 Å². The zero-order valence-corrected chi connectivity index (χ0v) is 10.5. The molecule has 0 heterocycles. The summed E-state index contributed by atoms with van der Waals surface area (Å²) >= 11 is 0. The van der Waals surface area contributed by atoms with Gasteiger partial charge in [0.15, 0.2) is 0 Å².